The molecule has 4 rings (SSSR count). The average molecular weight is 443 g/mol. The van der Waals surface area contributed by atoms with E-state index in [2.05, 4.69) is 24.1 Å². The SMILES string of the molecule is CC(C)CNc1nc2ccccn2c(=O)c1C=C1SC(=S)N(C2CCCCC2)C1=O. The van der Waals surface area contributed by atoms with Gasteiger partial charge in [0.15, 0.2) is 0 Å². The van der Waals surface area contributed by atoms with Crippen molar-refractivity contribution < 1.29 is 4.79 Å². The molecule has 30 heavy (non-hydrogen) atoms. The van der Waals surface area contributed by atoms with Crippen LogP contribution in [0.15, 0.2) is 34.1 Å². The Morgan fingerprint density at radius 3 is 2.77 bits per heavy atom. The second-order valence-electron chi connectivity index (χ2n) is 8.23. The van der Waals surface area contributed by atoms with Gasteiger partial charge in [-0.25, -0.2) is 4.98 Å². The maximum atomic E-state index is 13.2. The summed E-state index contributed by atoms with van der Waals surface area (Å²) in [6, 6.07) is 5.62. The van der Waals surface area contributed by atoms with Crippen molar-refractivity contribution in [1.82, 2.24) is 14.3 Å². The van der Waals surface area contributed by atoms with Crippen molar-refractivity contribution in [3.63, 3.8) is 0 Å². The summed E-state index contributed by atoms with van der Waals surface area (Å²) >= 11 is 6.82. The van der Waals surface area contributed by atoms with E-state index in [0.717, 1.165) is 25.7 Å². The van der Waals surface area contributed by atoms with Gasteiger partial charge in [0.2, 0.25) is 0 Å². The highest BCUT2D eigenvalue weighted by Crippen LogP contribution is 2.37. The maximum Gasteiger partial charge on any atom is 0.267 e. The Labute approximate surface area is 185 Å². The van der Waals surface area contributed by atoms with E-state index in [1.807, 2.05) is 6.07 Å². The molecule has 2 aromatic heterocycles. The molecule has 0 unspecified atom stereocenters. The van der Waals surface area contributed by atoms with Gasteiger partial charge in [0.25, 0.3) is 11.5 Å². The van der Waals surface area contributed by atoms with Gasteiger partial charge in [-0.15, -0.1) is 0 Å². The topological polar surface area (TPSA) is 66.7 Å². The first kappa shape index (κ1) is 21.1. The van der Waals surface area contributed by atoms with Crippen molar-refractivity contribution in [2.75, 3.05) is 11.9 Å². The molecule has 0 spiro atoms. The van der Waals surface area contributed by atoms with Gasteiger partial charge in [-0.3, -0.25) is 18.9 Å². The highest BCUT2D eigenvalue weighted by atomic mass is 32.2. The first-order chi connectivity index (χ1) is 14.5. The van der Waals surface area contributed by atoms with Gasteiger partial charge < -0.3 is 5.32 Å². The number of hydrogen-bond acceptors (Lipinski definition) is 6. The summed E-state index contributed by atoms with van der Waals surface area (Å²) in [6.07, 6.45) is 8.80. The summed E-state index contributed by atoms with van der Waals surface area (Å²) in [7, 11) is 0. The number of rotatable bonds is 5. The zero-order chi connectivity index (χ0) is 21.3. The largest absolute Gasteiger partial charge is 0.369 e. The number of thiocarbonyl (C=S) groups is 1. The van der Waals surface area contributed by atoms with Crippen LogP contribution in [0, 0.1) is 5.92 Å². The van der Waals surface area contributed by atoms with Crippen LogP contribution >= 0.6 is 24.0 Å². The Morgan fingerprint density at radius 1 is 1.27 bits per heavy atom. The molecule has 8 heteroatoms. The van der Waals surface area contributed by atoms with Gasteiger partial charge in [0.05, 0.1) is 10.5 Å². The van der Waals surface area contributed by atoms with Crippen molar-refractivity contribution in [3.05, 3.63) is 45.2 Å². The molecular formula is C22H26N4O2S2. The van der Waals surface area contributed by atoms with E-state index in [9.17, 15) is 9.59 Å². The van der Waals surface area contributed by atoms with Crippen molar-refractivity contribution in [2.24, 2.45) is 5.92 Å². The number of amides is 1. The molecule has 1 amide bonds. The molecule has 6 nitrogen and oxygen atoms in total. The summed E-state index contributed by atoms with van der Waals surface area (Å²) in [5.41, 5.74) is 0.763. The first-order valence-electron chi connectivity index (χ1n) is 10.5. The van der Waals surface area contributed by atoms with Crippen molar-refractivity contribution in [3.8, 4) is 0 Å². The number of carbonyl (C=O) groups is 1. The third-order valence-electron chi connectivity index (χ3n) is 5.49. The Morgan fingerprint density at radius 2 is 2.03 bits per heavy atom. The number of carbonyl (C=O) groups excluding carboxylic acids is 1. The molecule has 0 atom stereocenters. The number of anilines is 1. The van der Waals surface area contributed by atoms with Crippen molar-refractivity contribution >= 4 is 51.7 Å². The quantitative estimate of drug-likeness (QED) is 0.550. The van der Waals surface area contributed by atoms with E-state index >= 15 is 0 Å². The normalized spacial score (nSPS) is 19.4. The molecule has 0 aromatic carbocycles. The number of aromatic nitrogens is 2. The van der Waals surface area contributed by atoms with Gasteiger partial charge in [0, 0.05) is 18.8 Å². The molecule has 2 fully saturated rings. The molecule has 2 aromatic rings. The molecule has 2 aliphatic rings. The van der Waals surface area contributed by atoms with Crippen LogP contribution in [0.2, 0.25) is 0 Å². The summed E-state index contributed by atoms with van der Waals surface area (Å²) in [5, 5.41) is 3.28. The zero-order valence-electron chi connectivity index (χ0n) is 17.3. The zero-order valence-corrected chi connectivity index (χ0v) is 18.9. The lowest BCUT2D eigenvalue weighted by molar-refractivity contribution is -0.124. The first-order valence-corrected chi connectivity index (χ1v) is 11.7. The highest BCUT2D eigenvalue weighted by Gasteiger charge is 2.37. The van der Waals surface area contributed by atoms with Gasteiger partial charge >= 0.3 is 0 Å². The Balaban J connectivity index is 1.74. The fourth-order valence-electron chi connectivity index (χ4n) is 3.93. The second-order valence-corrected chi connectivity index (χ2v) is 9.90. The third-order valence-corrected chi connectivity index (χ3v) is 6.82. The van der Waals surface area contributed by atoms with Gasteiger partial charge in [0.1, 0.15) is 15.8 Å². The van der Waals surface area contributed by atoms with Crippen LogP contribution in [0.4, 0.5) is 5.82 Å². The lowest BCUT2D eigenvalue weighted by Crippen LogP contribution is -2.39. The van der Waals surface area contributed by atoms with Crippen molar-refractivity contribution in [2.45, 2.75) is 52.0 Å². The summed E-state index contributed by atoms with van der Waals surface area (Å²) in [5.74, 6) is 0.797. The van der Waals surface area contributed by atoms with Crippen LogP contribution in [0.1, 0.15) is 51.5 Å². The molecule has 158 valence electrons. The number of fused-ring (bicyclic) bond motifs is 1. The highest BCUT2D eigenvalue weighted by molar-refractivity contribution is 8.26. The fourth-order valence-corrected chi connectivity index (χ4v) is 5.32. The number of hydrogen-bond donors (Lipinski definition) is 1. The van der Waals surface area contributed by atoms with Crippen molar-refractivity contribution in [1.29, 1.82) is 0 Å². The minimum absolute atomic E-state index is 0.0933. The monoisotopic (exact) mass is 442 g/mol. The lowest BCUT2D eigenvalue weighted by Gasteiger charge is -2.29. The minimum Gasteiger partial charge on any atom is -0.369 e. The van der Waals surface area contributed by atoms with E-state index in [1.165, 1.54) is 22.6 Å². The Hall–Kier alpha value is -2.19. The molecule has 1 saturated heterocycles. The Bertz CT molecular complexity index is 1070. The molecular weight excluding hydrogens is 416 g/mol. The van der Waals surface area contributed by atoms with E-state index in [4.69, 9.17) is 12.2 Å². The third kappa shape index (κ3) is 4.16. The van der Waals surface area contributed by atoms with Crippen LogP contribution < -0.4 is 10.9 Å². The predicted molar refractivity (Wildman–Crippen MR) is 127 cm³/mol. The number of pyridine rings is 1. The molecule has 0 bridgehead atoms. The van der Waals surface area contributed by atoms with Gasteiger partial charge in [-0.1, -0.05) is 63.2 Å². The van der Waals surface area contributed by atoms with Crippen LogP contribution in [0.3, 0.4) is 0 Å². The van der Waals surface area contributed by atoms with Crippen LogP contribution in [-0.2, 0) is 4.79 Å². The number of thioether (sulfide) groups is 1. The predicted octanol–water partition coefficient (Wildman–Crippen LogP) is 4.30. The van der Waals surface area contributed by atoms with Crippen LogP contribution in [0.25, 0.3) is 11.7 Å². The summed E-state index contributed by atoms with van der Waals surface area (Å²) in [4.78, 5) is 33.3. The number of nitrogens with one attached hydrogen (secondary N) is 1. The van der Waals surface area contributed by atoms with E-state index in [0.29, 0.717) is 38.7 Å². The average Bonchev–Trinajstić information content (AvgIpc) is 3.02. The molecule has 3 heterocycles. The minimum atomic E-state index is -0.199. The lowest BCUT2D eigenvalue weighted by atomic mass is 9.94. The number of nitrogens with zero attached hydrogens (tertiary/aromatic N) is 3. The second kappa shape index (κ2) is 8.89. The van der Waals surface area contributed by atoms with E-state index < -0.39 is 0 Å². The molecule has 1 N–H and O–H groups in total. The standard InChI is InChI=1S/C22H26N4O2S2/c1-14(2)13-23-19-16(20(27)25-11-7-6-10-18(25)24-19)12-17-21(28)26(22(29)30-17)15-8-4-3-5-9-15/h6-7,10-12,14-15,23H,3-5,8-9,13H2,1-2H3. The Kier molecular flexibility index (Phi) is 6.24. The van der Waals surface area contributed by atoms with Gasteiger partial charge in [-0.2, -0.15) is 0 Å². The molecule has 1 aliphatic carbocycles. The molecule has 0 radical (unpaired) electrons. The fraction of sp³-hybridized carbons (Fsp3) is 0.455. The van der Waals surface area contributed by atoms with E-state index in [1.54, 1.807) is 29.3 Å². The smallest absolute Gasteiger partial charge is 0.267 e. The van der Waals surface area contributed by atoms with Crippen LogP contribution in [0.5, 0.6) is 0 Å². The summed E-state index contributed by atoms with van der Waals surface area (Å²) < 4.78 is 2.09. The summed E-state index contributed by atoms with van der Waals surface area (Å²) in [6.45, 7) is 4.87. The van der Waals surface area contributed by atoms with Crippen LogP contribution in [-0.4, -0.2) is 37.1 Å². The maximum absolute atomic E-state index is 13.2. The van der Waals surface area contributed by atoms with E-state index in [-0.39, 0.29) is 17.5 Å². The van der Waals surface area contributed by atoms with Gasteiger partial charge in [-0.05, 0) is 37.0 Å². The molecule has 1 aliphatic heterocycles. The molecule has 1 saturated carbocycles.